The van der Waals surface area contributed by atoms with Gasteiger partial charge in [0, 0.05) is 13.1 Å². The minimum Gasteiger partial charge on any atom is -0.191 e. The summed E-state index contributed by atoms with van der Waals surface area (Å²) in [5.41, 5.74) is 2.59. The summed E-state index contributed by atoms with van der Waals surface area (Å²) in [5.74, 6) is 0. The highest BCUT2D eigenvalue weighted by molar-refractivity contribution is 7.84. The van der Waals surface area contributed by atoms with Crippen LogP contribution in [0.3, 0.4) is 0 Å². The molecule has 6 heteroatoms. The number of unbranched alkanes of at least 4 members (excludes halogenated alkanes) is 18. The number of hydrogen-bond acceptors (Lipinski definition) is 4. The minimum absolute atomic E-state index is 0.457. The van der Waals surface area contributed by atoms with Gasteiger partial charge in [-0.25, -0.2) is 0 Å². The van der Waals surface area contributed by atoms with Gasteiger partial charge in [0.25, 0.3) is 0 Å². The second-order valence-electron chi connectivity index (χ2n) is 8.69. The monoisotopic (exact) mass is 448 g/mol. The van der Waals surface area contributed by atoms with E-state index in [1.165, 1.54) is 103 Å². The Morgan fingerprint density at radius 1 is 0.500 bits per heavy atom. The van der Waals surface area contributed by atoms with Crippen LogP contribution in [-0.4, -0.2) is 21.5 Å². The zero-order chi connectivity index (χ0) is 22.2. The summed E-state index contributed by atoms with van der Waals surface area (Å²) in [6, 6.07) is 0. The first-order valence-electron chi connectivity index (χ1n) is 13.0. The molecule has 0 aromatic heterocycles. The Labute approximate surface area is 188 Å². The van der Waals surface area contributed by atoms with Crippen LogP contribution in [0.15, 0.2) is 0 Å². The van der Waals surface area contributed by atoms with E-state index in [4.69, 9.17) is 4.28 Å². The van der Waals surface area contributed by atoms with E-state index in [-0.39, 0.29) is 0 Å². The van der Waals surface area contributed by atoms with Crippen molar-refractivity contribution >= 4 is 10.3 Å². The van der Waals surface area contributed by atoms with E-state index in [0.29, 0.717) is 13.1 Å². The van der Waals surface area contributed by atoms with Gasteiger partial charge in [-0.2, -0.15) is 22.9 Å². The molecule has 5 nitrogen and oxygen atoms in total. The molecule has 0 heterocycles. The van der Waals surface area contributed by atoms with Crippen molar-refractivity contribution in [2.75, 3.05) is 13.1 Å². The summed E-state index contributed by atoms with van der Waals surface area (Å²) in [6.45, 7) is 5.53. The van der Waals surface area contributed by atoms with E-state index in [0.717, 1.165) is 25.7 Å². The zero-order valence-electron chi connectivity index (χ0n) is 20.2. The lowest BCUT2D eigenvalue weighted by Gasteiger charge is -2.08. The number of hydrogen-bond donors (Lipinski definition) is 2. The Hall–Kier alpha value is -0.170. The highest BCUT2D eigenvalue weighted by Gasteiger charge is 2.09. The molecule has 0 fully saturated rings. The second kappa shape index (κ2) is 23.5. The van der Waals surface area contributed by atoms with Gasteiger partial charge in [-0.1, -0.05) is 129 Å². The van der Waals surface area contributed by atoms with Gasteiger partial charge in [0.05, 0.1) is 0 Å². The van der Waals surface area contributed by atoms with Crippen LogP contribution in [0.5, 0.6) is 0 Å². The van der Waals surface area contributed by atoms with Crippen LogP contribution in [-0.2, 0) is 14.6 Å². The molecule has 0 spiro atoms. The van der Waals surface area contributed by atoms with Crippen molar-refractivity contribution in [3.63, 3.8) is 0 Å². The molecule has 0 bridgehead atoms. The first-order valence-corrected chi connectivity index (χ1v) is 14.4. The van der Waals surface area contributed by atoms with Crippen LogP contribution in [0.1, 0.15) is 142 Å². The van der Waals surface area contributed by atoms with E-state index in [1.54, 1.807) is 0 Å². The second-order valence-corrected chi connectivity index (χ2v) is 10.1. The molecule has 0 aliphatic rings. The predicted molar refractivity (Wildman–Crippen MR) is 130 cm³/mol. The Kier molecular flexibility index (Phi) is 23.4. The van der Waals surface area contributed by atoms with Gasteiger partial charge in [-0.15, -0.1) is 0 Å². The van der Waals surface area contributed by atoms with E-state index in [1.807, 2.05) is 0 Å². The lowest BCUT2D eigenvalue weighted by Crippen LogP contribution is -2.32. The Balaban J connectivity index is 3.32. The summed E-state index contributed by atoms with van der Waals surface area (Å²) in [7, 11) is -3.67. The maximum Gasteiger partial charge on any atom is 0.351 e. The van der Waals surface area contributed by atoms with Crippen molar-refractivity contribution in [1.82, 2.24) is 10.2 Å². The fourth-order valence-electron chi connectivity index (χ4n) is 3.64. The summed E-state index contributed by atoms with van der Waals surface area (Å²) in [5, 5.41) is 0. The summed E-state index contributed by atoms with van der Waals surface area (Å²) in [4.78, 5) is 0. The smallest absolute Gasteiger partial charge is 0.191 e. The van der Waals surface area contributed by atoms with Crippen molar-refractivity contribution < 1.29 is 12.7 Å². The zero-order valence-corrected chi connectivity index (χ0v) is 21.0. The summed E-state index contributed by atoms with van der Waals surface area (Å²) in [6.07, 6.45) is 25.1. The Morgan fingerprint density at radius 2 is 0.833 bits per heavy atom. The molecule has 0 amide bonds. The van der Waals surface area contributed by atoms with Crippen LogP contribution in [0.25, 0.3) is 0 Å². The lowest BCUT2D eigenvalue weighted by atomic mass is 10.1. The third-order valence-electron chi connectivity index (χ3n) is 5.61. The molecule has 0 aliphatic carbocycles. The highest BCUT2D eigenvalue weighted by Crippen LogP contribution is 2.11. The van der Waals surface area contributed by atoms with Gasteiger partial charge in [0.2, 0.25) is 0 Å². The molecule has 30 heavy (non-hydrogen) atoms. The van der Waals surface area contributed by atoms with Crippen LogP contribution in [0, 0.1) is 0 Å². The molecule has 0 saturated heterocycles. The largest absolute Gasteiger partial charge is 0.351 e. The molecule has 2 N–H and O–H groups in total. The number of rotatable bonds is 25. The van der Waals surface area contributed by atoms with Crippen molar-refractivity contribution in [3.8, 4) is 0 Å². The Bertz CT molecular complexity index is 430. The number of nitrogens with one attached hydrogen (secondary N) is 2. The molecule has 0 atom stereocenters. The summed E-state index contributed by atoms with van der Waals surface area (Å²) >= 11 is 0. The predicted octanol–water partition coefficient (Wildman–Crippen LogP) is 7.18. The molecule has 0 radical (unpaired) electrons. The fourth-order valence-corrected chi connectivity index (χ4v) is 4.33. The van der Waals surface area contributed by atoms with Gasteiger partial charge in [0.15, 0.2) is 0 Å². The van der Waals surface area contributed by atoms with Gasteiger partial charge < -0.3 is 0 Å². The van der Waals surface area contributed by atoms with Crippen molar-refractivity contribution in [2.24, 2.45) is 0 Å². The average molecular weight is 449 g/mol. The molecular formula is C24H52N2O3S. The maximum atomic E-state index is 11.8. The molecular weight excluding hydrogens is 396 g/mol. The summed E-state index contributed by atoms with van der Waals surface area (Å²) < 4.78 is 30.9. The third kappa shape index (κ3) is 24.1. The van der Waals surface area contributed by atoms with Crippen LogP contribution >= 0.6 is 0 Å². The Morgan fingerprint density at radius 3 is 1.23 bits per heavy atom. The number of hydroxylamine groups is 1. The van der Waals surface area contributed by atoms with Crippen LogP contribution in [0.2, 0.25) is 0 Å². The lowest BCUT2D eigenvalue weighted by molar-refractivity contribution is 0.197. The molecule has 0 aromatic rings. The highest BCUT2D eigenvalue weighted by atomic mass is 32.2. The van der Waals surface area contributed by atoms with Gasteiger partial charge >= 0.3 is 10.3 Å². The fraction of sp³-hybridized carbons (Fsp3) is 1.00. The first kappa shape index (κ1) is 29.8. The van der Waals surface area contributed by atoms with Crippen molar-refractivity contribution in [2.45, 2.75) is 142 Å². The maximum absolute atomic E-state index is 11.8. The van der Waals surface area contributed by atoms with Crippen molar-refractivity contribution in [1.29, 1.82) is 0 Å². The van der Waals surface area contributed by atoms with Gasteiger partial charge in [0.1, 0.15) is 0 Å². The van der Waals surface area contributed by atoms with Gasteiger partial charge in [-0.3, -0.25) is 0 Å². The normalized spacial score (nSPS) is 11.9. The van der Waals surface area contributed by atoms with Crippen LogP contribution in [0.4, 0.5) is 0 Å². The third-order valence-corrected chi connectivity index (χ3v) is 6.51. The quantitative estimate of drug-likeness (QED) is 0.115. The van der Waals surface area contributed by atoms with E-state index < -0.39 is 10.3 Å². The molecule has 0 unspecified atom stereocenters. The van der Waals surface area contributed by atoms with E-state index in [9.17, 15) is 8.42 Å². The minimum atomic E-state index is -3.67. The molecule has 0 aromatic carbocycles. The SMILES string of the molecule is CCCCCCCCCCCCNOS(=O)(=O)NCCCCCCCCCCCC. The molecule has 0 saturated carbocycles. The van der Waals surface area contributed by atoms with E-state index in [2.05, 4.69) is 24.0 Å². The molecule has 0 rings (SSSR count). The molecule has 0 aliphatic heterocycles. The topological polar surface area (TPSA) is 67.4 Å². The van der Waals surface area contributed by atoms with E-state index >= 15 is 0 Å². The molecule has 182 valence electrons. The van der Waals surface area contributed by atoms with Gasteiger partial charge in [-0.05, 0) is 12.8 Å². The standard InChI is InChI=1S/C24H52N2O3S/c1-3-5-7-9-11-13-15-17-19-21-23-25-29-30(27,28)26-24-22-20-18-16-14-12-10-8-6-4-2/h25-26H,3-24H2,1-2H3. The van der Waals surface area contributed by atoms with Crippen LogP contribution < -0.4 is 10.2 Å². The average Bonchev–Trinajstić information content (AvgIpc) is 2.72. The first-order chi connectivity index (χ1) is 14.6. The van der Waals surface area contributed by atoms with Crippen molar-refractivity contribution in [3.05, 3.63) is 0 Å².